The maximum absolute atomic E-state index is 4.63. The van der Waals surface area contributed by atoms with Crippen LogP contribution in [-0.4, -0.2) is 40.0 Å². The summed E-state index contributed by atoms with van der Waals surface area (Å²) in [4.78, 5) is 14.7. The molecule has 2 aliphatic carbocycles. The molecule has 2 aromatic heterocycles. The van der Waals surface area contributed by atoms with Crippen LogP contribution in [-0.2, 0) is 12.8 Å². The van der Waals surface area contributed by atoms with Gasteiger partial charge in [-0.25, -0.2) is 9.97 Å². The molecule has 0 atom stereocenters. The number of fused-ring (bicyclic) bond motifs is 3. The van der Waals surface area contributed by atoms with Crippen LogP contribution in [0, 0.1) is 0 Å². The van der Waals surface area contributed by atoms with Gasteiger partial charge in [0.25, 0.3) is 0 Å². The molecule has 0 amide bonds. The van der Waals surface area contributed by atoms with Crippen molar-refractivity contribution in [2.45, 2.75) is 76.3 Å². The molecule has 1 saturated heterocycles. The van der Waals surface area contributed by atoms with E-state index in [1.807, 2.05) is 11.3 Å². The fourth-order valence-electron chi connectivity index (χ4n) is 5.10. The summed E-state index contributed by atoms with van der Waals surface area (Å²) in [5.74, 6) is 1.10. The maximum atomic E-state index is 4.63. The molecule has 2 aromatic rings. The number of anilines is 1. The summed E-state index contributed by atoms with van der Waals surface area (Å²) in [6.07, 6.45) is 15.0. The Morgan fingerprint density at radius 3 is 2.64 bits per heavy atom. The van der Waals surface area contributed by atoms with Crippen LogP contribution in [0.25, 0.3) is 10.2 Å². The molecule has 0 spiro atoms. The van der Waals surface area contributed by atoms with Crippen molar-refractivity contribution >= 4 is 27.4 Å². The van der Waals surface area contributed by atoms with E-state index in [4.69, 9.17) is 0 Å². The van der Waals surface area contributed by atoms with Crippen LogP contribution in [0.2, 0.25) is 0 Å². The summed E-state index contributed by atoms with van der Waals surface area (Å²) in [6.45, 7) is 2.66. The van der Waals surface area contributed by atoms with Crippen LogP contribution in [0.4, 0.5) is 5.82 Å². The standard InChI is InChI=1S/C20H28N4S/c1-2-11-24(12-3-1)15-9-7-14(8-10-15)23-19-18-16-5-4-6-17(16)25-20(18)22-13-21-19/h13-15H,1-12H2,(H,21,22,23). The number of likely N-dealkylation sites (tertiary alicyclic amines) is 1. The zero-order valence-electron chi connectivity index (χ0n) is 15.0. The predicted molar refractivity (Wildman–Crippen MR) is 105 cm³/mol. The van der Waals surface area contributed by atoms with Gasteiger partial charge in [0.05, 0.1) is 5.39 Å². The van der Waals surface area contributed by atoms with Crippen molar-refractivity contribution in [3.05, 3.63) is 16.8 Å². The third kappa shape index (κ3) is 3.06. The molecule has 1 saturated carbocycles. The lowest BCUT2D eigenvalue weighted by molar-refractivity contribution is 0.127. The Hall–Kier alpha value is -1.20. The lowest BCUT2D eigenvalue weighted by Crippen LogP contribution is -2.43. The first-order valence-electron chi connectivity index (χ1n) is 10.1. The van der Waals surface area contributed by atoms with Gasteiger partial charge in [-0.2, -0.15) is 0 Å². The number of aromatic nitrogens is 2. The number of hydrogen-bond donors (Lipinski definition) is 1. The van der Waals surface area contributed by atoms with Gasteiger partial charge >= 0.3 is 0 Å². The minimum absolute atomic E-state index is 0.580. The molecule has 0 unspecified atom stereocenters. The Bertz CT molecular complexity index is 741. The van der Waals surface area contributed by atoms with E-state index in [9.17, 15) is 0 Å². The molecule has 3 aliphatic rings. The molecule has 0 aromatic carbocycles. The van der Waals surface area contributed by atoms with E-state index in [2.05, 4.69) is 20.2 Å². The molecular formula is C20H28N4S. The van der Waals surface area contributed by atoms with Crippen molar-refractivity contribution in [3.63, 3.8) is 0 Å². The minimum atomic E-state index is 0.580. The molecule has 3 heterocycles. The lowest BCUT2D eigenvalue weighted by atomic mass is 9.89. The Morgan fingerprint density at radius 1 is 0.960 bits per heavy atom. The summed E-state index contributed by atoms with van der Waals surface area (Å²) in [5, 5.41) is 5.13. The first-order chi connectivity index (χ1) is 12.4. The van der Waals surface area contributed by atoms with Crippen molar-refractivity contribution < 1.29 is 0 Å². The monoisotopic (exact) mass is 356 g/mol. The molecule has 1 aliphatic heterocycles. The molecule has 134 valence electrons. The van der Waals surface area contributed by atoms with E-state index < -0.39 is 0 Å². The van der Waals surface area contributed by atoms with Gasteiger partial charge in [0.1, 0.15) is 17.0 Å². The van der Waals surface area contributed by atoms with Crippen LogP contribution in [0.1, 0.15) is 61.8 Å². The van der Waals surface area contributed by atoms with Gasteiger partial charge in [0.15, 0.2) is 0 Å². The molecule has 4 nitrogen and oxygen atoms in total. The van der Waals surface area contributed by atoms with Gasteiger partial charge in [-0.05, 0) is 76.4 Å². The predicted octanol–water partition coefficient (Wildman–Crippen LogP) is 4.39. The van der Waals surface area contributed by atoms with Gasteiger partial charge in [-0.3, -0.25) is 0 Å². The third-order valence-electron chi connectivity index (χ3n) is 6.45. The molecule has 2 fully saturated rings. The highest BCUT2D eigenvalue weighted by Crippen LogP contribution is 2.39. The summed E-state index contributed by atoms with van der Waals surface area (Å²) in [7, 11) is 0. The Morgan fingerprint density at radius 2 is 1.80 bits per heavy atom. The second-order valence-electron chi connectivity index (χ2n) is 8.01. The number of rotatable bonds is 3. The molecule has 25 heavy (non-hydrogen) atoms. The van der Waals surface area contributed by atoms with E-state index in [1.54, 1.807) is 11.2 Å². The van der Waals surface area contributed by atoms with Crippen molar-refractivity contribution in [2.24, 2.45) is 0 Å². The summed E-state index contributed by atoms with van der Waals surface area (Å²) in [6, 6.07) is 1.41. The zero-order chi connectivity index (χ0) is 16.6. The zero-order valence-corrected chi connectivity index (χ0v) is 15.8. The van der Waals surface area contributed by atoms with Gasteiger partial charge < -0.3 is 10.2 Å². The second-order valence-corrected chi connectivity index (χ2v) is 9.09. The van der Waals surface area contributed by atoms with Gasteiger partial charge in [-0.15, -0.1) is 11.3 Å². The molecule has 0 radical (unpaired) electrons. The third-order valence-corrected chi connectivity index (χ3v) is 7.65. The largest absolute Gasteiger partial charge is 0.367 e. The average Bonchev–Trinajstić information content (AvgIpc) is 3.24. The number of nitrogens with zero attached hydrogens (tertiary/aromatic N) is 3. The lowest BCUT2D eigenvalue weighted by Gasteiger charge is -2.39. The van der Waals surface area contributed by atoms with Crippen LogP contribution in [0.5, 0.6) is 0 Å². The molecule has 1 N–H and O–H groups in total. The Labute approximate surface area is 154 Å². The number of aryl methyl sites for hydroxylation is 2. The Balaban J connectivity index is 1.28. The smallest absolute Gasteiger partial charge is 0.138 e. The Kier molecular flexibility index (Phi) is 4.38. The summed E-state index contributed by atoms with van der Waals surface area (Å²) < 4.78 is 0. The van der Waals surface area contributed by atoms with Gasteiger partial charge in [0, 0.05) is 17.0 Å². The van der Waals surface area contributed by atoms with E-state index in [0.29, 0.717) is 6.04 Å². The average molecular weight is 357 g/mol. The van der Waals surface area contributed by atoms with E-state index >= 15 is 0 Å². The van der Waals surface area contributed by atoms with Crippen molar-refractivity contribution in [1.82, 2.24) is 14.9 Å². The number of hydrogen-bond acceptors (Lipinski definition) is 5. The number of piperidine rings is 1. The molecular weight excluding hydrogens is 328 g/mol. The fraction of sp³-hybridized carbons (Fsp3) is 0.700. The van der Waals surface area contributed by atoms with Crippen LogP contribution in [0.15, 0.2) is 6.33 Å². The van der Waals surface area contributed by atoms with E-state index in [-0.39, 0.29) is 0 Å². The minimum Gasteiger partial charge on any atom is -0.367 e. The highest BCUT2D eigenvalue weighted by Gasteiger charge is 2.28. The topological polar surface area (TPSA) is 41.1 Å². The van der Waals surface area contributed by atoms with Crippen molar-refractivity contribution in [3.8, 4) is 0 Å². The van der Waals surface area contributed by atoms with Crippen molar-refractivity contribution in [1.29, 1.82) is 0 Å². The van der Waals surface area contributed by atoms with Crippen molar-refractivity contribution in [2.75, 3.05) is 18.4 Å². The second kappa shape index (κ2) is 6.84. The number of nitrogens with one attached hydrogen (secondary N) is 1. The number of thiophene rings is 1. The normalized spacial score (nSPS) is 27.5. The summed E-state index contributed by atoms with van der Waals surface area (Å²) in [5.41, 5.74) is 1.53. The van der Waals surface area contributed by atoms with Crippen LogP contribution in [0.3, 0.4) is 0 Å². The SMILES string of the molecule is c1nc(NC2CCC(N3CCCCC3)CC2)c2c3c(sc2n1)CCC3. The molecule has 5 rings (SSSR count). The van der Waals surface area contributed by atoms with Crippen LogP contribution < -0.4 is 5.32 Å². The van der Waals surface area contributed by atoms with E-state index in [1.165, 1.54) is 93.1 Å². The van der Waals surface area contributed by atoms with Gasteiger partial charge in [0.2, 0.25) is 0 Å². The van der Waals surface area contributed by atoms with E-state index in [0.717, 1.165) is 11.9 Å². The summed E-state index contributed by atoms with van der Waals surface area (Å²) >= 11 is 1.88. The first kappa shape index (κ1) is 16.0. The van der Waals surface area contributed by atoms with Crippen LogP contribution >= 0.6 is 11.3 Å². The van der Waals surface area contributed by atoms with Gasteiger partial charge in [-0.1, -0.05) is 6.42 Å². The molecule has 0 bridgehead atoms. The highest BCUT2D eigenvalue weighted by molar-refractivity contribution is 7.19. The molecule has 5 heteroatoms. The first-order valence-corrected chi connectivity index (χ1v) is 11.0. The quantitative estimate of drug-likeness (QED) is 0.885. The fourth-order valence-corrected chi connectivity index (χ4v) is 6.33. The maximum Gasteiger partial charge on any atom is 0.138 e. The highest BCUT2D eigenvalue weighted by atomic mass is 32.1.